The minimum atomic E-state index is -0.417. The monoisotopic (exact) mass is 601 g/mol. The van der Waals surface area contributed by atoms with Gasteiger partial charge in [0.1, 0.15) is 12.1 Å². The van der Waals surface area contributed by atoms with Gasteiger partial charge in [-0.05, 0) is 18.3 Å². The van der Waals surface area contributed by atoms with Crippen LogP contribution in [0.15, 0.2) is 60.9 Å². The van der Waals surface area contributed by atoms with E-state index in [4.69, 9.17) is 0 Å². The van der Waals surface area contributed by atoms with Crippen molar-refractivity contribution in [2.75, 3.05) is 0 Å². The maximum atomic E-state index is 11.5. The Morgan fingerprint density at radius 2 is 1.65 bits per heavy atom. The van der Waals surface area contributed by atoms with Gasteiger partial charge in [-0.2, -0.15) is 5.10 Å². The van der Waals surface area contributed by atoms with Crippen molar-refractivity contribution in [3.63, 3.8) is 0 Å². The van der Waals surface area contributed by atoms with Crippen LogP contribution in [0.5, 0.6) is 0 Å². The third-order valence-corrected chi connectivity index (χ3v) is 4.05. The molecular formula is C23H28N5O2Pt-. The third-order valence-electron chi connectivity index (χ3n) is 4.05. The second-order valence-corrected chi connectivity index (χ2v) is 8.74. The Balaban J connectivity index is 0.000000314. The van der Waals surface area contributed by atoms with Gasteiger partial charge in [0, 0.05) is 43.7 Å². The predicted octanol–water partition coefficient (Wildman–Crippen LogP) is 4.61. The molecule has 0 saturated heterocycles. The van der Waals surface area contributed by atoms with Gasteiger partial charge in [-0.15, -0.1) is 0 Å². The van der Waals surface area contributed by atoms with Crippen LogP contribution >= 0.6 is 0 Å². The van der Waals surface area contributed by atoms with E-state index < -0.39 is 5.41 Å². The molecule has 2 aromatic heterocycles. The predicted molar refractivity (Wildman–Crippen MR) is 116 cm³/mol. The number of carbonyl (C=O) groups is 1. The van der Waals surface area contributed by atoms with Crippen molar-refractivity contribution in [1.82, 2.24) is 24.7 Å². The first-order valence-corrected chi connectivity index (χ1v) is 9.60. The molecule has 0 spiro atoms. The molecule has 0 atom stereocenters. The summed E-state index contributed by atoms with van der Waals surface area (Å²) in [5.74, 6) is 0.733. The van der Waals surface area contributed by atoms with Crippen molar-refractivity contribution in [3.8, 4) is 17.2 Å². The Kier molecular flexibility index (Phi) is 9.44. The third kappa shape index (κ3) is 7.83. The van der Waals surface area contributed by atoms with Gasteiger partial charge in [-0.25, -0.2) is 0 Å². The molecule has 0 bridgehead atoms. The zero-order valence-corrected chi connectivity index (χ0v) is 20.9. The second-order valence-electron chi connectivity index (χ2n) is 8.74. The molecule has 0 fully saturated rings. The fourth-order valence-electron chi connectivity index (χ4n) is 2.09. The van der Waals surface area contributed by atoms with E-state index in [-0.39, 0.29) is 38.0 Å². The number of aromatic nitrogens is 5. The van der Waals surface area contributed by atoms with Crippen LogP contribution in [0.3, 0.4) is 0 Å². The van der Waals surface area contributed by atoms with E-state index >= 15 is 0 Å². The average molecular weight is 602 g/mol. The number of ketones is 1. The van der Waals surface area contributed by atoms with Gasteiger partial charge in [-0.3, -0.25) is 19.4 Å². The molecule has 8 heteroatoms. The molecule has 0 radical (unpaired) electrons. The first-order valence-electron chi connectivity index (χ1n) is 9.60. The molecule has 3 rings (SSSR count). The molecule has 0 unspecified atom stereocenters. The van der Waals surface area contributed by atoms with Gasteiger partial charge in [-0.1, -0.05) is 72.1 Å². The Morgan fingerprint density at radius 1 is 1.00 bits per heavy atom. The molecule has 31 heavy (non-hydrogen) atoms. The van der Waals surface area contributed by atoms with Crippen LogP contribution in [0.25, 0.3) is 17.2 Å². The van der Waals surface area contributed by atoms with E-state index in [0.29, 0.717) is 11.5 Å². The smallest absolute Gasteiger partial charge is 0.164 e. The van der Waals surface area contributed by atoms with Crippen molar-refractivity contribution < 1.29 is 31.0 Å². The van der Waals surface area contributed by atoms with Crippen LogP contribution in [-0.2, 0) is 25.9 Å². The number of aliphatic hydroxyl groups excluding tert-OH is 1. The number of para-hydroxylation sites is 1. The number of hydrogen-bond acceptors (Lipinski definition) is 6. The SMILES string of the molecule is CC(C)(C)C(=O)/C=C(\O)C(C)(C)C.[Pt].[c-]1nccnc1-c1ncnn1-c1ccccc1. The van der Waals surface area contributed by atoms with Crippen molar-refractivity contribution in [1.29, 1.82) is 0 Å². The van der Waals surface area contributed by atoms with Crippen LogP contribution in [0, 0.1) is 17.0 Å². The van der Waals surface area contributed by atoms with Crippen LogP contribution in [0.1, 0.15) is 41.5 Å². The molecule has 1 N–H and O–H groups in total. The topological polar surface area (TPSA) is 93.8 Å². The molecule has 0 saturated carbocycles. The van der Waals surface area contributed by atoms with Crippen LogP contribution in [0.4, 0.5) is 0 Å². The molecule has 0 aliphatic heterocycles. The Labute approximate surface area is 197 Å². The quantitative estimate of drug-likeness (QED) is 0.268. The number of benzene rings is 1. The molecule has 7 nitrogen and oxygen atoms in total. The number of nitrogens with zero attached hydrogens (tertiary/aromatic N) is 5. The van der Waals surface area contributed by atoms with Crippen molar-refractivity contribution in [2.45, 2.75) is 41.5 Å². The van der Waals surface area contributed by atoms with Crippen LogP contribution in [-0.4, -0.2) is 35.6 Å². The van der Waals surface area contributed by atoms with Crippen LogP contribution in [0.2, 0.25) is 0 Å². The van der Waals surface area contributed by atoms with Gasteiger partial charge < -0.3 is 10.1 Å². The fourth-order valence-corrected chi connectivity index (χ4v) is 2.09. The summed E-state index contributed by atoms with van der Waals surface area (Å²) < 4.78 is 1.71. The van der Waals surface area contributed by atoms with Crippen molar-refractivity contribution in [2.24, 2.45) is 10.8 Å². The van der Waals surface area contributed by atoms with Gasteiger partial charge in [0.15, 0.2) is 5.78 Å². The van der Waals surface area contributed by atoms with Gasteiger partial charge in [0.2, 0.25) is 0 Å². The Morgan fingerprint density at radius 3 is 2.16 bits per heavy atom. The number of allylic oxidation sites excluding steroid dienone is 2. The summed E-state index contributed by atoms with van der Waals surface area (Å²) in [6.07, 6.45) is 8.80. The summed E-state index contributed by atoms with van der Waals surface area (Å²) in [6, 6.07) is 9.75. The molecule has 0 aliphatic carbocycles. The van der Waals surface area contributed by atoms with Crippen molar-refractivity contribution >= 4 is 5.78 Å². The first-order chi connectivity index (χ1) is 14.0. The van der Waals surface area contributed by atoms with E-state index in [1.54, 1.807) is 17.1 Å². The van der Waals surface area contributed by atoms with Gasteiger partial charge in [0.25, 0.3) is 0 Å². The minimum absolute atomic E-state index is 0. The minimum Gasteiger partial charge on any atom is -0.512 e. The van der Waals surface area contributed by atoms with E-state index in [1.807, 2.05) is 71.9 Å². The molecular weight excluding hydrogens is 573 g/mol. The van der Waals surface area contributed by atoms with Crippen molar-refractivity contribution in [3.05, 3.63) is 67.1 Å². The molecule has 0 aliphatic rings. The standard InChI is InChI=1S/C12H8N5.C11H20O2.Pt/c1-2-4-10(5-3-1)17-12(15-9-16-17)11-8-13-6-7-14-11;1-10(2,3)8(12)7-9(13)11(4,5)6;/h1-7,9H;7,12H,1-6H3;/q-1;;/b;8-7-;. The largest absolute Gasteiger partial charge is 0.512 e. The van der Waals surface area contributed by atoms with Gasteiger partial charge in [0.05, 0.1) is 11.5 Å². The van der Waals surface area contributed by atoms with E-state index in [2.05, 4.69) is 26.2 Å². The Bertz CT molecular complexity index is 934. The number of rotatable bonds is 3. The van der Waals surface area contributed by atoms with E-state index in [9.17, 15) is 9.90 Å². The maximum absolute atomic E-state index is 11.5. The normalized spacial score (nSPS) is 11.7. The van der Waals surface area contributed by atoms with E-state index in [1.165, 1.54) is 12.4 Å². The summed E-state index contributed by atoms with van der Waals surface area (Å²) in [5, 5.41) is 13.7. The number of carbonyl (C=O) groups excluding carboxylic acids is 1. The summed E-state index contributed by atoms with van der Waals surface area (Å²) in [5.41, 5.74) is 0.744. The summed E-state index contributed by atoms with van der Waals surface area (Å²) in [6.45, 7) is 11.1. The van der Waals surface area contributed by atoms with Gasteiger partial charge >= 0.3 is 0 Å². The summed E-state index contributed by atoms with van der Waals surface area (Å²) >= 11 is 0. The molecule has 168 valence electrons. The summed E-state index contributed by atoms with van der Waals surface area (Å²) in [4.78, 5) is 23.7. The zero-order valence-electron chi connectivity index (χ0n) is 18.6. The molecule has 1 aromatic carbocycles. The second kappa shape index (κ2) is 11.1. The maximum Gasteiger partial charge on any atom is 0.164 e. The Hall–Kier alpha value is -2.66. The average Bonchev–Trinajstić information content (AvgIpc) is 3.18. The number of hydrogen-bond donors (Lipinski definition) is 1. The fraction of sp³-hybridized carbons (Fsp3) is 0.348. The van der Waals surface area contributed by atoms with E-state index in [0.717, 1.165) is 5.69 Å². The summed E-state index contributed by atoms with van der Waals surface area (Å²) in [7, 11) is 0. The molecule has 3 aromatic rings. The molecule has 0 amide bonds. The molecule has 2 heterocycles. The first kappa shape index (κ1) is 26.4. The number of aliphatic hydroxyl groups is 1. The van der Waals surface area contributed by atoms with Crippen LogP contribution < -0.4 is 0 Å². The zero-order chi connectivity index (χ0) is 22.4.